The van der Waals surface area contributed by atoms with Crippen LogP contribution in [0.2, 0.25) is 0 Å². The number of sulfonamides is 1. The normalized spacial score (nSPS) is 22.0. The average molecular weight is 312 g/mol. The largest absolute Gasteiger partial charge is 0.486 e. The lowest BCUT2D eigenvalue weighted by Crippen LogP contribution is -2.38. The van der Waals surface area contributed by atoms with E-state index in [0.29, 0.717) is 37.2 Å². The van der Waals surface area contributed by atoms with Gasteiger partial charge >= 0.3 is 0 Å². The Morgan fingerprint density at radius 2 is 2.14 bits per heavy atom. The number of hydrogen-bond acceptors (Lipinski definition) is 5. The number of hydrogen-bond donors (Lipinski definition) is 2. The molecule has 1 aromatic rings. The highest BCUT2D eigenvalue weighted by Crippen LogP contribution is 2.36. The van der Waals surface area contributed by atoms with Crippen LogP contribution in [0.3, 0.4) is 0 Å². The van der Waals surface area contributed by atoms with Gasteiger partial charge < -0.3 is 14.8 Å². The third-order valence-electron chi connectivity index (χ3n) is 3.78. The zero-order valence-electron chi connectivity index (χ0n) is 11.8. The van der Waals surface area contributed by atoms with E-state index in [1.807, 2.05) is 0 Å². The predicted octanol–water partition coefficient (Wildman–Crippen LogP) is 0.736. The minimum absolute atomic E-state index is 0.156. The number of rotatable bonds is 4. The molecule has 2 aliphatic heterocycles. The van der Waals surface area contributed by atoms with Crippen molar-refractivity contribution < 1.29 is 17.9 Å². The van der Waals surface area contributed by atoms with Gasteiger partial charge in [-0.25, -0.2) is 13.1 Å². The van der Waals surface area contributed by atoms with Gasteiger partial charge in [-0.1, -0.05) is 6.07 Å². The number of fused-ring (bicyclic) bond motifs is 1. The van der Waals surface area contributed by atoms with E-state index in [2.05, 4.69) is 10.0 Å². The molecule has 1 saturated heterocycles. The van der Waals surface area contributed by atoms with Crippen molar-refractivity contribution in [2.24, 2.45) is 5.92 Å². The maximum absolute atomic E-state index is 12.5. The second-order valence-electron chi connectivity index (χ2n) is 5.34. The minimum atomic E-state index is -3.58. The van der Waals surface area contributed by atoms with E-state index in [0.717, 1.165) is 25.9 Å². The number of piperidine rings is 1. The van der Waals surface area contributed by atoms with Crippen LogP contribution < -0.4 is 19.5 Å². The summed E-state index contributed by atoms with van der Waals surface area (Å²) in [4.78, 5) is 0.156. The van der Waals surface area contributed by atoms with Crippen molar-refractivity contribution in [2.75, 3.05) is 32.8 Å². The maximum Gasteiger partial charge on any atom is 0.244 e. The van der Waals surface area contributed by atoms with E-state index in [1.54, 1.807) is 18.2 Å². The lowest BCUT2D eigenvalue weighted by atomic mass is 10.0. The molecule has 6 nitrogen and oxygen atoms in total. The summed E-state index contributed by atoms with van der Waals surface area (Å²) in [7, 11) is -3.58. The Labute approximate surface area is 124 Å². The number of para-hydroxylation sites is 1. The molecule has 2 aliphatic rings. The van der Waals surface area contributed by atoms with Crippen molar-refractivity contribution in [1.29, 1.82) is 0 Å². The topological polar surface area (TPSA) is 76.7 Å². The molecule has 0 saturated carbocycles. The first-order valence-corrected chi connectivity index (χ1v) is 8.74. The highest BCUT2D eigenvalue weighted by Gasteiger charge is 2.26. The van der Waals surface area contributed by atoms with Crippen LogP contribution in [0.1, 0.15) is 12.8 Å². The summed E-state index contributed by atoms with van der Waals surface area (Å²) in [5, 5.41) is 3.28. The predicted molar refractivity (Wildman–Crippen MR) is 78.2 cm³/mol. The Hall–Kier alpha value is -1.31. The summed E-state index contributed by atoms with van der Waals surface area (Å²) in [6.07, 6.45) is 2.13. The van der Waals surface area contributed by atoms with E-state index in [4.69, 9.17) is 9.47 Å². The Kier molecular flexibility index (Phi) is 4.32. The van der Waals surface area contributed by atoms with Gasteiger partial charge in [-0.05, 0) is 44.0 Å². The van der Waals surface area contributed by atoms with Crippen LogP contribution >= 0.6 is 0 Å². The lowest BCUT2D eigenvalue weighted by molar-refractivity contribution is 0.167. The van der Waals surface area contributed by atoms with Crippen LogP contribution in [-0.4, -0.2) is 41.3 Å². The number of benzene rings is 1. The summed E-state index contributed by atoms with van der Waals surface area (Å²) in [5.74, 6) is 1.15. The fourth-order valence-corrected chi connectivity index (χ4v) is 3.93. The standard InChI is InChI=1S/C14H20N2O4S/c17-21(18,16-10-11-3-2-6-15-9-11)13-5-1-4-12-14(13)20-8-7-19-12/h1,4-5,11,15-16H,2-3,6-10H2. The summed E-state index contributed by atoms with van der Waals surface area (Å²) < 4.78 is 38.6. The fraction of sp³-hybridized carbons (Fsp3) is 0.571. The smallest absolute Gasteiger partial charge is 0.244 e. The van der Waals surface area contributed by atoms with Gasteiger partial charge in [-0.2, -0.15) is 0 Å². The van der Waals surface area contributed by atoms with Crippen LogP contribution in [0, 0.1) is 5.92 Å². The van der Waals surface area contributed by atoms with Gasteiger partial charge in [0.1, 0.15) is 18.1 Å². The quantitative estimate of drug-likeness (QED) is 0.857. The number of ether oxygens (including phenoxy) is 2. The highest BCUT2D eigenvalue weighted by atomic mass is 32.2. The van der Waals surface area contributed by atoms with Gasteiger partial charge in [0.25, 0.3) is 0 Å². The van der Waals surface area contributed by atoms with Crippen LogP contribution in [0.15, 0.2) is 23.1 Å². The first-order valence-electron chi connectivity index (χ1n) is 7.26. The average Bonchev–Trinajstić information content (AvgIpc) is 2.53. The monoisotopic (exact) mass is 312 g/mol. The molecule has 0 radical (unpaired) electrons. The first kappa shape index (κ1) is 14.6. The molecule has 1 aromatic carbocycles. The Morgan fingerprint density at radius 3 is 2.95 bits per heavy atom. The van der Waals surface area contributed by atoms with Crippen LogP contribution in [0.5, 0.6) is 11.5 Å². The first-order chi connectivity index (χ1) is 10.2. The molecule has 1 fully saturated rings. The molecule has 2 N–H and O–H groups in total. The Morgan fingerprint density at radius 1 is 1.29 bits per heavy atom. The molecule has 116 valence electrons. The Bertz CT molecular complexity index is 597. The van der Waals surface area contributed by atoms with Gasteiger partial charge in [0, 0.05) is 6.54 Å². The molecule has 3 rings (SSSR count). The SMILES string of the molecule is O=S(=O)(NCC1CCCNC1)c1cccc2c1OCCO2. The summed E-state index contributed by atoms with van der Waals surface area (Å²) in [5.41, 5.74) is 0. The van der Waals surface area contributed by atoms with Crippen molar-refractivity contribution in [2.45, 2.75) is 17.7 Å². The number of nitrogens with one attached hydrogen (secondary N) is 2. The maximum atomic E-state index is 12.5. The van der Waals surface area contributed by atoms with E-state index < -0.39 is 10.0 Å². The van der Waals surface area contributed by atoms with E-state index in [-0.39, 0.29) is 4.90 Å². The zero-order valence-corrected chi connectivity index (χ0v) is 12.6. The highest BCUT2D eigenvalue weighted by molar-refractivity contribution is 7.89. The molecule has 2 heterocycles. The zero-order chi connectivity index (χ0) is 14.7. The molecule has 1 unspecified atom stereocenters. The van der Waals surface area contributed by atoms with Gasteiger partial charge in [-0.15, -0.1) is 0 Å². The van der Waals surface area contributed by atoms with E-state index in [1.165, 1.54) is 0 Å². The van der Waals surface area contributed by atoms with E-state index >= 15 is 0 Å². The minimum Gasteiger partial charge on any atom is -0.486 e. The van der Waals surface area contributed by atoms with Gasteiger partial charge in [-0.3, -0.25) is 0 Å². The van der Waals surface area contributed by atoms with Crippen LogP contribution in [-0.2, 0) is 10.0 Å². The van der Waals surface area contributed by atoms with E-state index in [9.17, 15) is 8.42 Å². The lowest BCUT2D eigenvalue weighted by Gasteiger charge is -2.24. The van der Waals surface area contributed by atoms with Crippen molar-refractivity contribution in [3.8, 4) is 11.5 Å². The summed E-state index contributed by atoms with van der Waals surface area (Å²) >= 11 is 0. The van der Waals surface area contributed by atoms with Gasteiger partial charge in [0.2, 0.25) is 10.0 Å². The fourth-order valence-electron chi connectivity index (χ4n) is 2.66. The Balaban J connectivity index is 1.75. The third-order valence-corrected chi connectivity index (χ3v) is 5.23. The van der Waals surface area contributed by atoms with Crippen molar-refractivity contribution in [1.82, 2.24) is 10.0 Å². The molecule has 0 aromatic heterocycles. The molecule has 0 bridgehead atoms. The second kappa shape index (κ2) is 6.21. The molecule has 7 heteroatoms. The molecular weight excluding hydrogens is 292 g/mol. The summed E-state index contributed by atoms with van der Waals surface area (Å²) in [6.45, 7) is 3.12. The second-order valence-corrected chi connectivity index (χ2v) is 7.08. The van der Waals surface area contributed by atoms with Gasteiger partial charge in [0.15, 0.2) is 11.5 Å². The van der Waals surface area contributed by atoms with Crippen LogP contribution in [0.4, 0.5) is 0 Å². The molecular formula is C14H20N2O4S. The molecule has 1 atom stereocenters. The third kappa shape index (κ3) is 3.30. The van der Waals surface area contributed by atoms with Crippen LogP contribution in [0.25, 0.3) is 0 Å². The molecule has 21 heavy (non-hydrogen) atoms. The van der Waals surface area contributed by atoms with Crippen molar-refractivity contribution in [3.63, 3.8) is 0 Å². The molecule has 0 aliphatic carbocycles. The summed E-state index contributed by atoms with van der Waals surface area (Å²) in [6, 6.07) is 4.94. The molecule has 0 amide bonds. The van der Waals surface area contributed by atoms with Crippen molar-refractivity contribution in [3.05, 3.63) is 18.2 Å². The molecule has 0 spiro atoms. The van der Waals surface area contributed by atoms with Crippen molar-refractivity contribution >= 4 is 10.0 Å². The van der Waals surface area contributed by atoms with Gasteiger partial charge in [0.05, 0.1) is 0 Å².